The van der Waals surface area contributed by atoms with Crippen LogP contribution in [0.2, 0.25) is 0 Å². The number of aromatic nitrogens is 1. The van der Waals surface area contributed by atoms with Crippen molar-refractivity contribution in [1.82, 2.24) is 4.98 Å². The fourth-order valence-corrected chi connectivity index (χ4v) is 3.65. The third kappa shape index (κ3) is 2.39. The van der Waals surface area contributed by atoms with Crippen LogP contribution in [0.5, 0.6) is 0 Å². The molecule has 1 aliphatic carbocycles. The number of nitrogens with zero attached hydrogens (tertiary/aromatic N) is 1. The maximum atomic E-state index is 6.51. The third-order valence-electron chi connectivity index (χ3n) is 3.66. The number of rotatable bonds is 4. The van der Waals surface area contributed by atoms with E-state index in [2.05, 4.69) is 13.8 Å². The molecule has 0 saturated carbocycles. The second-order valence-corrected chi connectivity index (χ2v) is 6.31. The van der Waals surface area contributed by atoms with Crippen molar-refractivity contribution < 1.29 is 4.74 Å². The Labute approximate surface area is 107 Å². The molecule has 3 nitrogen and oxygen atoms in total. The van der Waals surface area contributed by atoms with E-state index < -0.39 is 5.54 Å². The summed E-state index contributed by atoms with van der Waals surface area (Å²) in [5.41, 5.74) is 7.35. The average Bonchev–Trinajstić information content (AvgIpc) is 2.72. The first-order valence-corrected chi connectivity index (χ1v) is 7.16. The summed E-state index contributed by atoms with van der Waals surface area (Å²) < 4.78 is 5.30. The van der Waals surface area contributed by atoms with Gasteiger partial charge in [-0.05, 0) is 31.6 Å². The van der Waals surface area contributed by atoms with Gasteiger partial charge in [-0.15, -0.1) is 11.3 Å². The van der Waals surface area contributed by atoms with E-state index in [1.54, 1.807) is 18.4 Å². The molecule has 0 bridgehead atoms. The zero-order chi connectivity index (χ0) is 12.5. The van der Waals surface area contributed by atoms with Gasteiger partial charge in [-0.2, -0.15) is 0 Å². The van der Waals surface area contributed by atoms with E-state index in [-0.39, 0.29) is 0 Å². The first-order valence-electron chi connectivity index (χ1n) is 6.35. The van der Waals surface area contributed by atoms with Gasteiger partial charge in [0.2, 0.25) is 0 Å². The van der Waals surface area contributed by atoms with Crippen molar-refractivity contribution in [1.29, 1.82) is 0 Å². The predicted octanol–water partition coefficient (Wildman–Crippen LogP) is 2.48. The van der Waals surface area contributed by atoms with Crippen molar-refractivity contribution in [2.45, 2.75) is 45.1 Å². The van der Waals surface area contributed by atoms with E-state index >= 15 is 0 Å². The molecule has 17 heavy (non-hydrogen) atoms. The molecule has 0 fully saturated rings. The highest BCUT2D eigenvalue weighted by atomic mass is 32.1. The normalized spacial score (nSPS) is 19.1. The summed E-state index contributed by atoms with van der Waals surface area (Å²) in [6.45, 7) is 4.82. The summed E-state index contributed by atoms with van der Waals surface area (Å²) in [5.74, 6) is 0.329. The molecular weight excluding hydrogens is 232 g/mol. The molecule has 0 saturated heterocycles. The number of methoxy groups -OCH3 is 1. The topological polar surface area (TPSA) is 48.1 Å². The van der Waals surface area contributed by atoms with Crippen molar-refractivity contribution in [2.24, 2.45) is 11.7 Å². The van der Waals surface area contributed by atoms with Crippen LogP contribution in [0.25, 0.3) is 0 Å². The van der Waals surface area contributed by atoms with Crippen molar-refractivity contribution in [3.05, 3.63) is 15.6 Å². The molecule has 0 aliphatic heterocycles. The van der Waals surface area contributed by atoms with Crippen LogP contribution in [0.3, 0.4) is 0 Å². The summed E-state index contributed by atoms with van der Waals surface area (Å²) in [6, 6.07) is 0. The minimum Gasteiger partial charge on any atom is -0.382 e. The molecule has 1 aliphatic rings. The lowest BCUT2D eigenvalue weighted by Gasteiger charge is -2.30. The van der Waals surface area contributed by atoms with Gasteiger partial charge in [-0.1, -0.05) is 13.8 Å². The number of thiazole rings is 1. The van der Waals surface area contributed by atoms with E-state index in [1.165, 1.54) is 29.8 Å². The standard InChI is InChI=1S/C13H22N2OS/c1-9(2)13(14,8-16-3)12-15-10-6-4-5-7-11(10)17-12/h9H,4-8,14H2,1-3H3. The molecule has 2 rings (SSSR count). The zero-order valence-corrected chi connectivity index (χ0v) is 11.8. The molecule has 4 heteroatoms. The Morgan fingerprint density at radius 3 is 2.71 bits per heavy atom. The number of ether oxygens (including phenoxy) is 1. The van der Waals surface area contributed by atoms with E-state index in [0.29, 0.717) is 12.5 Å². The Balaban J connectivity index is 2.33. The average molecular weight is 254 g/mol. The Morgan fingerprint density at radius 1 is 1.41 bits per heavy atom. The number of hydrogen-bond donors (Lipinski definition) is 1. The minimum atomic E-state index is -0.434. The van der Waals surface area contributed by atoms with Crippen LogP contribution in [0.15, 0.2) is 0 Å². The first kappa shape index (κ1) is 13.0. The summed E-state index contributed by atoms with van der Waals surface area (Å²) >= 11 is 1.79. The number of hydrogen-bond acceptors (Lipinski definition) is 4. The van der Waals surface area contributed by atoms with Crippen LogP contribution < -0.4 is 5.73 Å². The highest BCUT2D eigenvalue weighted by Gasteiger charge is 2.35. The maximum Gasteiger partial charge on any atom is 0.116 e. The lowest BCUT2D eigenvalue weighted by molar-refractivity contribution is 0.104. The van der Waals surface area contributed by atoms with Gasteiger partial charge in [0.1, 0.15) is 5.01 Å². The van der Waals surface area contributed by atoms with Gasteiger partial charge in [0.05, 0.1) is 17.8 Å². The molecule has 1 atom stereocenters. The Bertz CT molecular complexity index is 365. The Kier molecular flexibility index (Phi) is 3.85. The van der Waals surface area contributed by atoms with Crippen LogP contribution in [0, 0.1) is 5.92 Å². The first-order chi connectivity index (χ1) is 8.08. The molecule has 1 heterocycles. The van der Waals surface area contributed by atoms with Crippen LogP contribution in [-0.2, 0) is 23.1 Å². The Hall–Kier alpha value is -0.450. The molecule has 1 aromatic heterocycles. The minimum absolute atomic E-state index is 0.329. The number of fused-ring (bicyclic) bond motifs is 1. The van der Waals surface area contributed by atoms with Crippen molar-refractivity contribution >= 4 is 11.3 Å². The van der Waals surface area contributed by atoms with E-state index in [9.17, 15) is 0 Å². The molecule has 96 valence electrons. The van der Waals surface area contributed by atoms with E-state index in [4.69, 9.17) is 15.5 Å². The monoisotopic (exact) mass is 254 g/mol. The Morgan fingerprint density at radius 2 is 2.12 bits per heavy atom. The van der Waals surface area contributed by atoms with Gasteiger partial charge in [0.15, 0.2) is 0 Å². The zero-order valence-electron chi connectivity index (χ0n) is 11.0. The molecule has 1 aromatic rings. The smallest absolute Gasteiger partial charge is 0.116 e. The second-order valence-electron chi connectivity index (χ2n) is 5.22. The maximum absolute atomic E-state index is 6.51. The SMILES string of the molecule is COCC(N)(c1nc2c(s1)CCCC2)C(C)C. The number of nitrogens with two attached hydrogens (primary N) is 1. The van der Waals surface area contributed by atoms with Gasteiger partial charge in [-0.25, -0.2) is 4.98 Å². The lowest BCUT2D eigenvalue weighted by atomic mass is 9.89. The molecule has 2 N–H and O–H groups in total. The van der Waals surface area contributed by atoms with Crippen molar-refractivity contribution in [3.8, 4) is 0 Å². The van der Waals surface area contributed by atoms with Crippen LogP contribution in [0.1, 0.15) is 42.3 Å². The predicted molar refractivity (Wildman–Crippen MR) is 71.3 cm³/mol. The van der Waals surface area contributed by atoms with Crippen LogP contribution in [-0.4, -0.2) is 18.7 Å². The highest BCUT2D eigenvalue weighted by molar-refractivity contribution is 7.11. The highest BCUT2D eigenvalue weighted by Crippen LogP contribution is 2.35. The fourth-order valence-electron chi connectivity index (χ4n) is 2.27. The summed E-state index contributed by atoms with van der Waals surface area (Å²) in [5, 5.41) is 1.06. The third-order valence-corrected chi connectivity index (χ3v) is 5.01. The van der Waals surface area contributed by atoms with E-state index in [1.807, 2.05) is 0 Å². The summed E-state index contributed by atoms with van der Waals surface area (Å²) in [7, 11) is 1.71. The molecule has 0 aromatic carbocycles. The van der Waals surface area contributed by atoms with Gasteiger partial charge >= 0.3 is 0 Å². The largest absolute Gasteiger partial charge is 0.382 e. The summed E-state index contributed by atoms with van der Waals surface area (Å²) in [6.07, 6.45) is 4.85. The molecule has 0 amide bonds. The fraction of sp³-hybridized carbons (Fsp3) is 0.769. The van der Waals surface area contributed by atoms with Crippen LogP contribution in [0.4, 0.5) is 0 Å². The molecule has 0 radical (unpaired) electrons. The van der Waals surface area contributed by atoms with E-state index in [0.717, 1.165) is 11.4 Å². The molecule has 0 spiro atoms. The van der Waals surface area contributed by atoms with Crippen molar-refractivity contribution in [3.63, 3.8) is 0 Å². The molecular formula is C13H22N2OS. The van der Waals surface area contributed by atoms with Gasteiger partial charge in [0, 0.05) is 12.0 Å². The number of aryl methyl sites for hydroxylation is 2. The molecule has 1 unspecified atom stereocenters. The lowest BCUT2D eigenvalue weighted by Crippen LogP contribution is -2.46. The van der Waals surface area contributed by atoms with Gasteiger partial charge in [0.25, 0.3) is 0 Å². The van der Waals surface area contributed by atoms with Gasteiger partial charge in [-0.3, -0.25) is 0 Å². The quantitative estimate of drug-likeness (QED) is 0.898. The second kappa shape index (κ2) is 5.04. The summed E-state index contributed by atoms with van der Waals surface area (Å²) in [4.78, 5) is 6.22. The van der Waals surface area contributed by atoms with Gasteiger partial charge < -0.3 is 10.5 Å². The van der Waals surface area contributed by atoms with Crippen LogP contribution >= 0.6 is 11.3 Å². The van der Waals surface area contributed by atoms with Crippen molar-refractivity contribution in [2.75, 3.05) is 13.7 Å².